The topological polar surface area (TPSA) is 57.6 Å². The number of hydrogen-bond donors (Lipinski definition) is 1. The number of halogens is 2. The molecule has 2 aliphatic carbocycles. The van der Waals surface area contributed by atoms with Gasteiger partial charge in [0, 0.05) is 15.7 Å². The van der Waals surface area contributed by atoms with Crippen LogP contribution in [0, 0.1) is 23.7 Å². The highest BCUT2D eigenvalue weighted by Crippen LogP contribution is 2.60. The predicted molar refractivity (Wildman–Crippen MR) is 84.6 cm³/mol. The van der Waals surface area contributed by atoms with Gasteiger partial charge >= 0.3 is 0 Å². The van der Waals surface area contributed by atoms with E-state index in [1.165, 1.54) is 17.0 Å². The van der Waals surface area contributed by atoms with E-state index in [1.807, 2.05) is 0 Å². The molecule has 0 spiro atoms. The molecule has 0 unspecified atom stereocenters. The van der Waals surface area contributed by atoms with Crippen LogP contribution in [0.1, 0.15) is 6.42 Å². The minimum atomic E-state index is -0.219. The summed E-state index contributed by atoms with van der Waals surface area (Å²) in [4.78, 5) is 27.2. The van der Waals surface area contributed by atoms with E-state index >= 15 is 0 Å². The third kappa shape index (κ3) is 1.72. The van der Waals surface area contributed by atoms with Gasteiger partial charge in [-0.25, -0.2) is 4.90 Å². The first-order valence-corrected chi connectivity index (χ1v) is 8.79. The summed E-state index contributed by atoms with van der Waals surface area (Å²) in [6.45, 7) is 0. The minimum Gasteiger partial charge on any atom is -0.508 e. The number of nitrogens with zero attached hydrogens (tertiary/aromatic N) is 1. The summed E-state index contributed by atoms with van der Waals surface area (Å²) in [5.41, 5.74) is 0.469. The molecule has 1 N–H and O–H groups in total. The summed E-state index contributed by atoms with van der Waals surface area (Å²) < 4.78 is 0. The number of carbonyl (C=O) groups is 2. The second kappa shape index (κ2) is 4.56. The van der Waals surface area contributed by atoms with Crippen molar-refractivity contribution < 1.29 is 14.7 Å². The summed E-state index contributed by atoms with van der Waals surface area (Å²) >= 11 is 7.33. The number of carbonyl (C=O) groups excluding carboxylic acids is 2. The zero-order valence-corrected chi connectivity index (χ0v) is 14.1. The zero-order chi connectivity index (χ0) is 14.9. The number of rotatable bonds is 1. The monoisotopic (exact) mass is 413 g/mol. The molecule has 0 radical (unpaired) electrons. The molecule has 3 fully saturated rings. The van der Waals surface area contributed by atoms with Crippen molar-refractivity contribution >= 4 is 49.4 Å². The quantitative estimate of drug-likeness (QED) is 0.567. The molecular formula is C15H13Br2NO3. The van der Waals surface area contributed by atoms with Crippen molar-refractivity contribution in [2.24, 2.45) is 23.7 Å². The Bertz CT molecular complexity index is 618. The Balaban J connectivity index is 1.75. The Morgan fingerprint density at radius 1 is 1.05 bits per heavy atom. The van der Waals surface area contributed by atoms with Gasteiger partial charge in [-0.05, 0) is 30.4 Å². The van der Waals surface area contributed by atoms with Crippen LogP contribution in [0.4, 0.5) is 5.69 Å². The van der Waals surface area contributed by atoms with Crippen LogP contribution >= 0.6 is 31.9 Å². The standard InChI is InChI=1S/C15H13Br2NO3/c16-12-8-5-9(13(12)17)11-10(8)14(20)18(15(11)21)6-2-1-3-7(19)4-6/h1-4,8-13,19H,5H2/t8-,9-,10-,11+,12-,13+/m0/s1. The van der Waals surface area contributed by atoms with Crippen LogP contribution in [0.15, 0.2) is 24.3 Å². The van der Waals surface area contributed by atoms with E-state index in [1.54, 1.807) is 12.1 Å². The van der Waals surface area contributed by atoms with Gasteiger partial charge in [-0.3, -0.25) is 9.59 Å². The molecule has 6 heteroatoms. The number of alkyl halides is 2. The lowest BCUT2D eigenvalue weighted by atomic mass is 9.81. The molecular weight excluding hydrogens is 402 g/mol. The van der Waals surface area contributed by atoms with Crippen molar-refractivity contribution in [1.82, 2.24) is 0 Å². The number of imide groups is 1. The lowest BCUT2D eigenvalue weighted by molar-refractivity contribution is -0.123. The van der Waals surface area contributed by atoms with E-state index in [2.05, 4.69) is 31.9 Å². The molecule has 2 bridgehead atoms. The summed E-state index contributed by atoms with van der Waals surface area (Å²) in [7, 11) is 0. The SMILES string of the molecule is O=C1[C@@H]2[C@@H]3C[C@H]([C@H](Br)[C@@H]3Br)[C@@H]2C(=O)N1c1cccc(O)c1. The average Bonchev–Trinajstić information content (AvgIpc) is 3.04. The number of fused-ring (bicyclic) bond motifs is 5. The normalized spacial score (nSPS) is 41.0. The summed E-state index contributed by atoms with van der Waals surface area (Å²) in [6, 6.07) is 6.34. The van der Waals surface area contributed by atoms with Crippen molar-refractivity contribution in [3.63, 3.8) is 0 Å². The van der Waals surface area contributed by atoms with Crippen LogP contribution in [-0.2, 0) is 9.59 Å². The van der Waals surface area contributed by atoms with E-state index in [9.17, 15) is 14.7 Å². The molecule has 1 heterocycles. The van der Waals surface area contributed by atoms with Gasteiger partial charge in [-0.1, -0.05) is 37.9 Å². The molecule has 1 saturated heterocycles. The molecule has 110 valence electrons. The molecule has 4 rings (SSSR count). The molecule has 1 aromatic rings. The Kier molecular flexibility index (Phi) is 2.99. The van der Waals surface area contributed by atoms with Crippen molar-refractivity contribution in [1.29, 1.82) is 0 Å². The first-order chi connectivity index (χ1) is 10.0. The van der Waals surface area contributed by atoms with Crippen LogP contribution in [-0.4, -0.2) is 26.6 Å². The number of benzene rings is 1. The van der Waals surface area contributed by atoms with Gasteiger partial charge in [0.15, 0.2) is 0 Å². The Labute approximate surface area is 138 Å². The van der Waals surface area contributed by atoms with Crippen molar-refractivity contribution in [2.45, 2.75) is 16.1 Å². The van der Waals surface area contributed by atoms with Gasteiger partial charge in [-0.2, -0.15) is 0 Å². The second-order valence-corrected chi connectivity index (χ2v) is 8.15. The van der Waals surface area contributed by atoms with Gasteiger partial charge in [0.2, 0.25) is 11.8 Å². The minimum absolute atomic E-state index is 0.0601. The number of aromatic hydroxyl groups is 1. The van der Waals surface area contributed by atoms with Crippen molar-refractivity contribution in [3.8, 4) is 5.75 Å². The Morgan fingerprint density at radius 2 is 1.62 bits per heavy atom. The number of anilines is 1. The molecule has 1 aromatic carbocycles. The second-order valence-electron chi connectivity index (χ2n) is 6.04. The third-order valence-corrected chi connectivity index (χ3v) is 8.28. The van der Waals surface area contributed by atoms with Gasteiger partial charge in [0.25, 0.3) is 0 Å². The molecule has 6 atom stereocenters. The highest BCUT2D eigenvalue weighted by molar-refractivity contribution is 9.12. The van der Waals surface area contributed by atoms with E-state index in [0.29, 0.717) is 5.69 Å². The zero-order valence-electron chi connectivity index (χ0n) is 10.9. The lowest BCUT2D eigenvalue weighted by Gasteiger charge is -2.28. The maximum Gasteiger partial charge on any atom is 0.238 e. The predicted octanol–water partition coefficient (Wildman–Crippen LogP) is 2.67. The molecule has 21 heavy (non-hydrogen) atoms. The summed E-state index contributed by atoms with van der Waals surface area (Å²) in [5, 5.41) is 9.59. The molecule has 2 amide bonds. The highest BCUT2D eigenvalue weighted by atomic mass is 79.9. The smallest absolute Gasteiger partial charge is 0.238 e. The van der Waals surface area contributed by atoms with Crippen LogP contribution < -0.4 is 4.90 Å². The van der Waals surface area contributed by atoms with Gasteiger partial charge in [0.1, 0.15) is 5.75 Å². The van der Waals surface area contributed by atoms with Gasteiger partial charge in [-0.15, -0.1) is 0 Å². The number of hydrogen-bond acceptors (Lipinski definition) is 3. The fraction of sp³-hybridized carbons (Fsp3) is 0.467. The Morgan fingerprint density at radius 3 is 2.14 bits per heavy atom. The molecule has 0 aromatic heterocycles. The summed E-state index contributed by atoms with van der Waals surface area (Å²) in [5.74, 6) is -0.193. The van der Waals surface area contributed by atoms with Crippen molar-refractivity contribution in [2.75, 3.05) is 4.90 Å². The van der Waals surface area contributed by atoms with Gasteiger partial charge in [0.05, 0.1) is 17.5 Å². The maximum atomic E-state index is 12.7. The maximum absolute atomic E-state index is 12.7. The lowest BCUT2D eigenvalue weighted by Crippen LogP contribution is -2.37. The number of amides is 2. The molecule has 2 saturated carbocycles. The first-order valence-electron chi connectivity index (χ1n) is 6.95. The van der Waals surface area contributed by atoms with Crippen LogP contribution in [0.25, 0.3) is 0 Å². The van der Waals surface area contributed by atoms with Crippen LogP contribution in [0.5, 0.6) is 5.75 Å². The fourth-order valence-corrected chi connectivity index (χ4v) is 6.11. The third-order valence-electron chi connectivity index (χ3n) is 5.08. The van der Waals surface area contributed by atoms with E-state index in [-0.39, 0.29) is 50.9 Å². The van der Waals surface area contributed by atoms with E-state index in [4.69, 9.17) is 0 Å². The summed E-state index contributed by atoms with van der Waals surface area (Å²) in [6.07, 6.45) is 0.923. The first kappa shape index (κ1) is 13.8. The highest BCUT2D eigenvalue weighted by Gasteiger charge is 2.66. The number of phenolic OH excluding ortho intramolecular Hbond substituents is 1. The van der Waals surface area contributed by atoms with Crippen molar-refractivity contribution in [3.05, 3.63) is 24.3 Å². The average molecular weight is 415 g/mol. The van der Waals surface area contributed by atoms with Gasteiger partial charge < -0.3 is 5.11 Å². The Hall–Kier alpha value is -0.880. The molecule has 3 aliphatic rings. The molecule has 1 aliphatic heterocycles. The van der Waals surface area contributed by atoms with Crippen LogP contribution in [0.2, 0.25) is 0 Å². The number of phenols is 1. The van der Waals surface area contributed by atoms with Crippen LogP contribution in [0.3, 0.4) is 0 Å². The fourth-order valence-electron chi connectivity index (χ4n) is 4.24. The molecule has 4 nitrogen and oxygen atoms in total. The van der Waals surface area contributed by atoms with E-state index < -0.39 is 0 Å². The van der Waals surface area contributed by atoms with E-state index in [0.717, 1.165) is 6.42 Å². The largest absolute Gasteiger partial charge is 0.508 e.